The van der Waals surface area contributed by atoms with E-state index in [-0.39, 0.29) is 17.9 Å². The second-order valence-electron chi connectivity index (χ2n) is 7.20. The second-order valence-corrected chi connectivity index (χ2v) is 7.20. The number of hydrogen-bond acceptors (Lipinski definition) is 4. The van der Waals surface area contributed by atoms with Crippen LogP contribution in [0.4, 0.5) is 5.69 Å². The lowest BCUT2D eigenvalue weighted by molar-refractivity contribution is -0.121. The summed E-state index contributed by atoms with van der Waals surface area (Å²) in [5.74, 6) is 2.07. The van der Waals surface area contributed by atoms with Crippen LogP contribution in [-0.4, -0.2) is 38.3 Å². The lowest BCUT2D eigenvalue weighted by Gasteiger charge is -2.40. The van der Waals surface area contributed by atoms with Gasteiger partial charge in [0.2, 0.25) is 5.91 Å². The molecule has 2 aromatic rings. The number of carbonyl (C=O) groups excluding carboxylic acids is 1. The van der Waals surface area contributed by atoms with Gasteiger partial charge in [0.05, 0.1) is 19.7 Å². The Balaban J connectivity index is 1.46. The third kappa shape index (κ3) is 5.18. The molecule has 1 aliphatic heterocycles. The minimum absolute atomic E-state index is 0.0965. The molecule has 0 aliphatic carbocycles. The van der Waals surface area contributed by atoms with Gasteiger partial charge in [-0.1, -0.05) is 19.1 Å². The van der Waals surface area contributed by atoms with Crippen LogP contribution in [-0.2, 0) is 4.79 Å². The molecule has 3 rings (SSSR count). The highest BCUT2D eigenvalue weighted by Crippen LogP contribution is 2.27. The monoisotopic (exact) mass is 382 g/mol. The first-order chi connectivity index (χ1) is 13.6. The van der Waals surface area contributed by atoms with Crippen LogP contribution >= 0.6 is 0 Å². The van der Waals surface area contributed by atoms with Crippen LogP contribution in [0, 0.1) is 0 Å². The molecule has 1 fully saturated rings. The minimum Gasteiger partial charge on any atom is -0.494 e. The van der Waals surface area contributed by atoms with Gasteiger partial charge < -0.3 is 19.7 Å². The Bertz CT molecular complexity index is 752. The molecule has 1 aliphatic rings. The van der Waals surface area contributed by atoms with E-state index >= 15 is 0 Å². The summed E-state index contributed by atoms with van der Waals surface area (Å²) < 4.78 is 11.6. The molecule has 1 heterocycles. The molecule has 28 heavy (non-hydrogen) atoms. The van der Waals surface area contributed by atoms with Gasteiger partial charge in [0.15, 0.2) is 0 Å². The van der Waals surface area contributed by atoms with Gasteiger partial charge in [0.1, 0.15) is 17.6 Å². The summed E-state index contributed by atoms with van der Waals surface area (Å²) >= 11 is 0. The van der Waals surface area contributed by atoms with Crippen molar-refractivity contribution in [2.45, 2.75) is 39.2 Å². The zero-order chi connectivity index (χ0) is 19.9. The summed E-state index contributed by atoms with van der Waals surface area (Å²) in [5, 5.41) is 2.85. The largest absolute Gasteiger partial charge is 0.494 e. The van der Waals surface area contributed by atoms with Crippen molar-refractivity contribution in [1.29, 1.82) is 0 Å². The van der Waals surface area contributed by atoms with Crippen LogP contribution in [0.1, 0.15) is 38.7 Å². The Morgan fingerprint density at radius 2 is 1.71 bits per heavy atom. The number of nitrogens with zero attached hydrogens (tertiary/aromatic N) is 1. The van der Waals surface area contributed by atoms with Crippen molar-refractivity contribution < 1.29 is 14.3 Å². The smallest absolute Gasteiger partial charge is 0.220 e. The predicted octanol–water partition coefficient (Wildman–Crippen LogP) is 3.98. The molecule has 0 spiro atoms. The zero-order valence-corrected chi connectivity index (χ0v) is 17.0. The van der Waals surface area contributed by atoms with E-state index in [2.05, 4.69) is 41.4 Å². The van der Waals surface area contributed by atoms with Gasteiger partial charge in [0, 0.05) is 18.7 Å². The number of anilines is 1. The maximum Gasteiger partial charge on any atom is 0.220 e. The van der Waals surface area contributed by atoms with E-state index in [0.29, 0.717) is 19.6 Å². The van der Waals surface area contributed by atoms with Gasteiger partial charge in [-0.2, -0.15) is 0 Å². The third-order valence-corrected chi connectivity index (χ3v) is 4.98. The molecule has 1 saturated heterocycles. The second kappa shape index (κ2) is 9.49. The number of carbonyl (C=O) groups is 1. The van der Waals surface area contributed by atoms with E-state index < -0.39 is 0 Å². The lowest BCUT2D eigenvalue weighted by atomic mass is 9.97. The van der Waals surface area contributed by atoms with Gasteiger partial charge in [0.25, 0.3) is 0 Å². The van der Waals surface area contributed by atoms with Crippen LogP contribution < -0.4 is 19.7 Å². The Kier molecular flexibility index (Phi) is 6.80. The summed E-state index contributed by atoms with van der Waals surface area (Å²) in [5.41, 5.74) is 2.35. The molecular weight excluding hydrogens is 352 g/mol. The van der Waals surface area contributed by atoms with E-state index in [4.69, 9.17) is 9.47 Å². The average molecular weight is 383 g/mol. The van der Waals surface area contributed by atoms with Gasteiger partial charge in [-0.05, 0) is 61.7 Å². The SMILES string of the molecule is CCNC(=O)C[C@@H](C)c1ccc(OC2CN(c3ccc(OCC)cc3)C2)cc1. The lowest BCUT2D eigenvalue weighted by Crippen LogP contribution is -2.54. The van der Waals surface area contributed by atoms with Gasteiger partial charge in [-0.3, -0.25) is 4.79 Å². The Morgan fingerprint density at radius 3 is 2.32 bits per heavy atom. The van der Waals surface area contributed by atoms with Gasteiger partial charge >= 0.3 is 0 Å². The molecule has 150 valence electrons. The van der Waals surface area contributed by atoms with Gasteiger partial charge in [-0.25, -0.2) is 0 Å². The first kappa shape index (κ1) is 20.1. The van der Waals surface area contributed by atoms with Crippen LogP contribution in [0.5, 0.6) is 11.5 Å². The fraction of sp³-hybridized carbons (Fsp3) is 0.435. The number of ether oxygens (including phenoxy) is 2. The summed E-state index contributed by atoms with van der Waals surface area (Å²) in [6, 6.07) is 16.3. The first-order valence-electron chi connectivity index (χ1n) is 10.1. The van der Waals surface area contributed by atoms with E-state index in [1.54, 1.807) is 0 Å². The van der Waals surface area contributed by atoms with Crippen molar-refractivity contribution in [2.24, 2.45) is 0 Å². The number of hydrogen-bond donors (Lipinski definition) is 1. The van der Waals surface area contributed by atoms with E-state index in [9.17, 15) is 4.79 Å². The predicted molar refractivity (Wildman–Crippen MR) is 112 cm³/mol. The summed E-state index contributed by atoms with van der Waals surface area (Å²) in [4.78, 5) is 14.0. The number of amides is 1. The van der Waals surface area contributed by atoms with E-state index in [1.807, 2.05) is 38.1 Å². The normalized spacial score (nSPS) is 14.9. The van der Waals surface area contributed by atoms with E-state index in [0.717, 1.165) is 30.2 Å². The highest BCUT2D eigenvalue weighted by Gasteiger charge is 2.28. The summed E-state index contributed by atoms with van der Waals surface area (Å²) in [7, 11) is 0. The van der Waals surface area contributed by atoms with Crippen molar-refractivity contribution in [3.8, 4) is 11.5 Å². The van der Waals surface area contributed by atoms with Crippen LogP contribution in [0.15, 0.2) is 48.5 Å². The first-order valence-corrected chi connectivity index (χ1v) is 10.1. The van der Waals surface area contributed by atoms with E-state index in [1.165, 1.54) is 5.69 Å². The standard InChI is InChI=1S/C23H30N2O3/c1-4-24-23(26)14-17(3)18-6-10-21(11-7-18)28-22-15-25(16-22)19-8-12-20(13-9-19)27-5-2/h6-13,17,22H,4-5,14-16H2,1-3H3,(H,24,26)/t17-/m1/s1. The number of nitrogens with one attached hydrogen (secondary N) is 1. The average Bonchev–Trinajstić information content (AvgIpc) is 2.66. The molecule has 0 saturated carbocycles. The molecule has 0 bridgehead atoms. The highest BCUT2D eigenvalue weighted by atomic mass is 16.5. The molecule has 0 unspecified atom stereocenters. The van der Waals surface area contributed by atoms with Crippen LogP contribution in [0.3, 0.4) is 0 Å². The Hall–Kier alpha value is -2.69. The van der Waals surface area contributed by atoms with Crippen molar-refractivity contribution in [2.75, 3.05) is 31.1 Å². The third-order valence-electron chi connectivity index (χ3n) is 4.98. The van der Waals surface area contributed by atoms with Crippen molar-refractivity contribution in [3.05, 3.63) is 54.1 Å². The minimum atomic E-state index is 0.0965. The number of rotatable bonds is 9. The molecule has 0 aromatic heterocycles. The van der Waals surface area contributed by atoms with Crippen LogP contribution in [0.2, 0.25) is 0 Å². The fourth-order valence-electron chi connectivity index (χ4n) is 3.38. The van der Waals surface area contributed by atoms with Crippen molar-refractivity contribution in [3.63, 3.8) is 0 Å². The maximum atomic E-state index is 11.7. The molecule has 5 heteroatoms. The maximum absolute atomic E-state index is 11.7. The molecule has 1 N–H and O–H groups in total. The molecular formula is C23H30N2O3. The summed E-state index contributed by atoms with van der Waals surface area (Å²) in [6.45, 7) is 9.11. The molecule has 1 atom stereocenters. The highest BCUT2D eigenvalue weighted by molar-refractivity contribution is 5.76. The Labute approximate surface area is 167 Å². The topological polar surface area (TPSA) is 50.8 Å². The van der Waals surface area contributed by atoms with Crippen molar-refractivity contribution >= 4 is 11.6 Å². The van der Waals surface area contributed by atoms with Gasteiger partial charge in [-0.15, -0.1) is 0 Å². The molecule has 5 nitrogen and oxygen atoms in total. The van der Waals surface area contributed by atoms with Crippen molar-refractivity contribution in [1.82, 2.24) is 5.32 Å². The summed E-state index contributed by atoms with van der Waals surface area (Å²) in [6.07, 6.45) is 0.707. The molecule has 0 radical (unpaired) electrons. The fourth-order valence-corrected chi connectivity index (χ4v) is 3.38. The zero-order valence-electron chi connectivity index (χ0n) is 17.0. The van der Waals surface area contributed by atoms with Crippen LogP contribution in [0.25, 0.3) is 0 Å². The quantitative estimate of drug-likeness (QED) is 0.713. The molecule has 1 amide bonds. The molecule has 2 aromatic carbocycles. The Morgan fingerprint density at radius 1 is 1.07 bits per heavy atom. The number of benzene rings is 2.